The van der Waals surface area contributed by atoms with Crippen LogP contribution in [0, 0.1) is 24.4 Å². The van der Waals surface area contributed by atoms with E-state index in [1.54, 1.807) is 0 Å². The maximum Gasteiger partial charge on any atom is 0.416 e. The van der Waals surface area contributed by atoms with Crippen LogP contribution >= 0.6 is 0 Å². The number of rotatable bonds is 3. The van der Waals surface area contributed by atoms with Gasteiger partial charge >= 0.3 is 6.18 Å². The molecule has 0 fully saturated rings. The molecule has 0 radical (unpaired) electrons. The fourth-order valence-corrected chi connectivity index (χ4v) is 2.96. The summed E-state index contributed by atoms with van der Waals surface area (Å²) >= 11 is 0. The van der Waals surface area contributed by atoms with Gasteiger partial charge in [-0.15, -0.1) is 0 Å². The zero-order valence-corrected chi connectivity index (χ0v) is 15.6. The molecule has 3 N–H and O–H groups in total. The van der Waals surface area contributed by atoms with E-state index in [1.807, 2.05) is 0 Å². The minimum atomic E-state index is -4.52. The van der Waals surface area contributed by atoms with Gasteiger partial charge in [0.1, 0.15) is 5.82 Å². The number of hydrogen-bond donors (Lipinski definition) is 2. The Labute approximate surface area is 170 Å². The molecule has 0 saturated carbocycles. The SMILES string of the molecule is Cc1nc2cc(F)c(F)cc2n1-c1nc(N)c(F)c(Nc2ccc(C(F)(F)F)cc2)n1. The quantitative estimate of drug-likeness (QED) is 0.446. The summed E-state index contributed by atoms with van der Waals surface area (Å²) in [6, 6.07) is 5.60. The van der Waals surface area contributed by atoms with Crippen LogP contribution in [0.4, 0.5) is 43.7 Å². The molecular weight excluding hydrogens is 426 g/mol. The van der Waals surface area contributed by atoms with Gasteiger partial charge in [-0.2, -0.15) is 27.5 Å². The van der Waals surface area contributed by atoms with Gasteiger partial charge in [-0.05, 0) is 31.2 Å². The molecule has 2 aromatic carbocycles. The topological polar surface area (TPSA) is 81.7 Å². The first-order chi connectivity index (χ1) is 14.5. The van der Waals surface area contributed by atoms with Crippen LogP contribution in [-0.2, 0) is 6.18 Å². The van der Waals surface area contributed by atoms with Crippen LogP contribution in [0.1, 0.15) is 11.4 Å². The lowest BCUT2D eigenvalue weighted by atomic mass is 10.2. The average Bonchev–Trinajstić information content (AvgIpc) is 3.00. The van der Waals surface area contributed by atoms with E-state index in [2.05, 4.69) is 20.3 Å². The predicted octanol–water partition coefficient (Wildman–Crippen LogP) is 4.89. The highest BCUT2D eigenvalue weighted by molar-refractivity contribution is 5.78. The highest BCUT2D eigenvalue weighted by Gasteiger charge is 2.30. The molecule has 0 spiro atoms. The van der Waals surface area contributed by atoms with E-state index in [-0.39, 0.29) is 28.5 Å². The first kappa shape index (κ1) is 20.4. The van der Waals surface area contributed by atoms with Crippen molar-refractivity contribution in [3.8, 4) is 5.95 Å². The number of halogens is 6. The Bertz CT molecular complexity index is 1300. The molecular formula is C19H12F6N6. The lowest BCUT2D eigenvalue weighted by molar-refractivity contribution is -0.137. The fourth-order valence-electron chi connectivity index (χ4n) is 2.96. The molecule has 0 aliphatic rings. The Balaban J connectivity index is 1.78. The van der Waals surface area contributed by atoms with E-state index >= 15 is 0 Å². The van der Waals surface area contributed by atoms with Crippen molar-refractivity contribution in [2.45, 2.75) is 13.1 Å². The normalized spacial score (nSPS) is 11.8. The van der Waals surface area contributed by atoms with E-state index in [9.17, 15) is 26.3 Å². The third-order valence-electron chi connectivity index (χ3n) is 4.40. The van der Waals surface area contributed by atoms with Gasteiger partial charge in [0.05, 0.1) is 16.6 Å². The summed E-state index contributed by atoms with van der Waals surface area (Å²) in [5.41, 5.74) is 5.08. The van der Waals surface area contributed by atoms with Crippen molar-refractivity contribution < 1.29 is 26.3 Å². The Morgan fingerprint density at radius 2 is 1.58 bits per heavy atom. The number of imidazole rings is 1. The van der Waals surface area contributed by atoms with Gasteiger partial charge in [0.25, 0.3) is 0 Å². The van der Waals surface area contributed by atoms with Gasteiger partial charge < -0.3 is 11.1 Å². The molecule has 0 aliphatic heterocycles. The number of nitrogens with zero attached hydrogens (tertiary/aromatic N) is 4. The number of alkyl halides is 3. The monoisotopic (exact) mass is 438 g/mol. The predicted molar refractivity (Wildman–Crippen MR) is 100 cm³/mol. The molecule has 2 heterocycles. The number of aryl methyl sites for hydroxylation is 1. The molecule has 0 bridgehead atoms. The Morgan fingerprint density at radius 1 is 0.935 bits per heavy atom. The van der Waals surface area contributed by atoms with Crippen LogP contribution in [0.15, 0.2) is 36.4 Å². The molecule has 4 rings (SSSR count). The summed E-state index contributed by atoms with van der Waals surface area (Å²) in [6.45, 7) is 1.52. The molecule has 12 heteroatoms. The molecule has 0 atom stereocenters. The van der Waals surface area contributed by atoms with Crippen molar-refractivity contribution in [2.24, 2.45) is 0 Å². The van der Waals surface area contributed by atoms with Gasteiger partial charge in [0.15, 0.2) is 23.3 Å². The number of nitrogens with one attached hydrogen (secondary N) is 1. The summed E-state index contributed by atoms with van der Waals surface area (Å²) in [4.78, 5) is 12.0. The minimum absolute atomic E-state index is 0.108. The molecule has 160 valence electrons. The molecule has 2 aromatic heterocycles. The summed E-state index contributed by atoms with van der Waals surface area (Å²) in [5, 5.41) is 2.54. The zero-order chi connectivity index (χ0) is 22.5. The second kappa shape index (κ2) is 7.15. The lowest BCUT2D eigenvalue weighted by Crippen LogP contribution is -2.11. The molecule has 0 amide bonds. The van der Waals surface area contributed by atoms with Crippen molar-refractivity contribution in [1.29, 1.82) is 0 Å². The van der Waals surface area contributed by atoms with E-state index in [0.717, 1.165) is 36.4 Å². The van der Waals surface area contributed by atoms with Crippen LogP contribution in [0.25, 0.3) is 17.0 Å². The summed E-state index contributed by atoms with van der Waals surface area (Å²) in [7, 11) is 0. The van der Waals surface area contributed by atoms with Crippen molar-refractivity contribution in [2.75, 3.05) is 11.1 Å². The lowest BCUT2D eigenvalue weighted by Gasteiger charge is -2.12. The van der Waals surface area contributed by atoms with Gasteiger partial charge in [-0.3, -0.25) is 4.57 Å². The number of benzene rings is 2. The van der Waals surface area contributed by atoms with Crippen molar-refractivity contribution in [3.05, 3.63) is 65.2 Å². The highest BCUT2D eigenvalue weighted by atomic mass is 19.4. The summed E-state index contributed by atoms with van der Waals surface area (Å²) in [6.07, 6.45) is -4.52. The number of nitrogens with two attached hydrogens (primary N) is 1. The fraction of sp³-hybridized carbons (Fsp3) is 0.105. The summed E-state index contributed by atoms with van der Waals surface area (Å²) < 4.78 is 81.1. The van der Waals surface area contributed by atoms with Crippen molar-refractivity contribution in [1.82, 2.24) is 19.5 Å². The average molecular weight is 438 g/mol. The van der Waals surface area contributed by atoms with Crippen LogP contribution in [0.3, 0.4) is 0 Å². The smallest absolute Gasteiger partial charge is 0.381 e. The first-order valence-electron chi connectivity index (χ1n) is 8.66. The summed E-state index contributed by atoms with van der Waals surface area (Å²) in [5.74, 6) is -4.21. The van der Waals surface area contributed by atoms with Crippen LogP contribution in [0.5, 0.6) is 0 Å². The number of anilines is 3. The third-order valence-corrected chi connectivity index (χ3v) is 4.40. The molecule has 0 aliphatic carbocycles. The van der Waals surface area contributed by atoms with E-state index in [4.69, 9.17) is 5.73 Å². The number of nitrogen functional groups attached to an aromatic ring is 1. The maximum absolute atomic E-state index is 14.5. The second-order valence-corrected chi connectivity index (χ2v) is 6.52. The highest BCUT2D eigenvalue weighted by Crippen LogP contribution is 2.31. The number of fused-ring (bicyclic) bond motifs is 1. The zero-order valence-electron chi connectivity index (χ0n) is 15.6. The van der Waals surface area contributed by atoms with Crippen molar-refractivity contribution >= 4 is 28.4 Å². The molecule has 6 nitrogen and oxygen atoms in total. The van der Waals surface area contributed by atoms with Crippen molar-refractivity contribution in [3.63, 3.8) is 0 Å². The molecule has 4 aromatic rings. The third kappa shape index (κ3) is 3.71. The van der Waals surface area contributed by atoms with Gasteiger partial charge in [-0.1, -0.05) is 0 Å². The maximum atomic E-state index is 14.5. The second-order valence-electron chi connectivity index (χ2n) is 6.52. The number of hydrogen-bond acceptors (Lipinski definition) is 5. The van der Waals surface area contributed by atoms with Crippen LogP contribution in [0.2, 0.25) is 0 Å². The van der Waals surface area contributed by atoms with Gasteiger partial charge in [0.2, 0.25) is 11.8 Å². The van der Waals surface area contributed by atoms with E-state index in [1.165, 1.54) is 11.5 Å². The molecule has 0 unspecified atom stereocenters. The van der Waals surface area contributed by atoms with Gasteiger partial charge in [-0.25, -0.2) is 13.8 Å². The van der Waals surface area contributed by atoms with Gasteiger partial charge in [0, 0.05) is 17.8 Å². The Hall–Kier alpha value is -3.83. The van der Waals surface area contributed by atoms with Crippen LogP contribution < -0.4 is 11.1 Å². The Morgan fingerprint density at radius 3 is 2.23 bits per heavy atom. The van der Waals surface area contributed by atoms with E-state index in [0.29, 0.717) is 0 Å². The molecule has 31 heavy (non-hydrogen) atoms. The molecule has 0 saturated heterocycles. The first-order valence-corrected chi connectivity index (χ1v) is 8.66. The van der Waals surface area contributed by atoms with E-state index < -0.39 is 40.8 Å². The Kier molecular flexibility index (Phi) is 4.71. The van der Waals surface area contributed by atoms with Crippen LogP contribution in [-0.4, -0.2) is 19.5 Å². The minimum Gasteiger partial charge on any atom is -0.381 e. The standard InChI is InChI=1S/C19H12F6N6/c1-8-27-13-6-11(20)12(21)7-14(13)31(8)18-29-16(26)15(22)17(30-18)28-10-4-2-9(3-5-10)19(23,24)25/h2-7H,1H3,(H3,26,28,29,30). The number of aromatic nitrogens is 4. The largest absolute Gasteiger partial charge is 0.416 e.